The monoisotopic (exact) mass is 482 g/mol. The average molecular weight is 483 g/mol. The molecule has 3 aromatic rings. The Morgan fingerprint density at radius 3 is 2.49 bits per heavy atom. The molecule has 5 rings (SSSR count). The molecule has 0 aromatic heterocycles. The van der Waals surface area contributed by atoms with E-state index in [1.165, 1.54) is 17.3 Å². The van der Waals surface area contributed by atoms with Gasteiger partial charge in [0.15, 0.2) is 11.2 Å². The quantitative estimate of drug-likeness (QED) is 0.528. The second-order valence-corrected chi connectivity index (χ2v) is 9.74. The molecule has 0 spiro atoms. The summed E-state index contributed by atoms with van der Waals surface area (Å²) in [5.41, 5.74) is 4.63. The number of amidine groups is 2. The first-order valence-corrected chi connectivity index (χ1v) is 12.6. The molecule has 7 heteroatoms. The van der Waals surface area contributed by atoms with E-state index >= 15 is 0 Å². The smallest absolute Gasteiger partial charge is 0.263 e. The Bertz CT molecular complexity index is 1320. The van der Waals surface area contributed by atoms with Crippen LogP contribution in [0.1, 0.15) is 41.6 Å². The van der Waals surface area contributed by atoms with Gasteiger partial charge in [-0.2, -0.15) is 0 Å². The van der Waals surface area contributed by atoms with Crippen LogP contribution in [0.5, 0.6) is 0 Å². The summed E-state index contributed by atoms with van der Waals surface area (Å²) in [7, 11) is 0. The zero-order chi connectivity index (χ0) is 24.4. The minimum absolute atomic E-state index is 0.0793. The Hall–Kier alpha value is -3.71. The molecular formula is C28H26N4O2S. The Balaban J connectivity index is 1.40. The Morgan fingerprint density at radius 2 is 1.74 bits per heavy atom. The zero-order valence-corrected chi connectivity index (χ0v) is 20.5. The molecule has 0 saturated heterocycles. The van der Waals surface area contributed by atoms with Crippen LogP contribution in [0.25, 0.3) is 0 Å². The van der Waals surface area contributed by atoms with Crippen LogP contribution in [0.15, 0.2) is 88.8 Å². The first-order valence-electron chi connectivity index (χ1n) is 11.7. The molecule has 6 nitrogen and oxygen atoms in total. The third kappa shape index (κ3) is 4.64. The van der Waals surface area contributed by atoms with Crippen LogP contribution in [-0.4, -0.2) is 33.0 Å². The van der Waals surface area contributed by atoms with Crippen LogP contribution in [0.4, 0.5) is 5.69 Å². The van der Waals surface area contributed by atoms with Crippen molar-refractivity contribution in [2.45, 2.75) is 38.1 Å². The molecule has 0 aliphatic carbocycles. The number of hydrogen-bond acceptors (Lipinski definition) is 5. The Labute approximate surface area is 209 Å². The molecule has 3 aromatic carbocycles. The van der Waals surface area contributed by atoms with Gasteiger partial charge in [-0.05, 0) is 36.6 Å². The first-order chi connectivity index (χ1) is 17.0. The fraction of sp³-hybridized carbons (Fsp3) is 0.214. The molecule has 2 heterocycles. The van der Waals surface area contributed by atoms with Crippen molar-refractivity contribution in [2.75, 3.05) is 0 Å². The molecule has 176 valence electrons. The van der Waals surface area contributed by atoms with Gasteiger partial charge < -0.3 is 5.32 Å². The number of aliphatic imine (C=N–C) groups is 2. The predicted octanol–water partition coefficient (Wildman–Crippen LogP) is 5.15. The normalized spacial score (nSPS) is 17.3. The topological polar surface area (TPSA) is 74.1 Å². The minimum atomic E-state index is -0.626. The molecule has 35 heavy (non-hydrogen) atoms. The molecule has 0 bridgehead atoms. The number of thioether (sulfide) groups is 1. The maximum absolute atomic E-state index is 13.6. The van der Waals surface area contributed by atoms with Gasteiger partial charge >= 0.3 is 0 Å². The summed E-state index contributed by atoms with van der Waals surface area (Å²) in [5, 5.41) is 3.13. The maximum Gasteiger partial charge on any atom is 0.263 e. The summed E-state index contributed by atoms with van der Waals surface area (Å²) >= 11 is 1.31. The summed E-state index contributed by atoms with van der Waals surface area (Å²) in [6.07, 6.45) is 0.599. The molecular weight excluding hydrogens is 456 g/mol. The third-order valence-corrected chi connectivity index (χ3v) is 7.40. The van der Waals surface area contributed by atoms with Crippen molar-refractivity contribution in [1.82, 2.24) is 10.2 Å². The first kappa shape index (κ1) is 23.1. The maximum atomic E-state index is 13.6. The number of nitrogens with one attached hydrogen (secondary N) is 1. The number of hydrogen-bond donors (Lipinski definition) is 1. The van der Waals surface area contributed by atoms with E-state index in [0.717, 1.165) is 22.4 Å². The molecule has 0 radical (unpaired) electrons. The van der Waals surface area contributed by atoms with Gasteiger partial charge in [0, 0.05) is 12.1 Å². The number of fused-ring (bicyclic) bond motifs is 3. The average Bonchev–Trinajstić information content (AvgIpc) is 3.25. The van der Waals surface area contributed by atoms with E-state index in [9.17, 15) is 9.59 Å². The van der Waals surface area contributed by atoms with Crippen molar-refractivity contribution in [3.63, 3.8) is 0 Å². The largest absolute Gasteiger partial charge is 0.351 e. The number of para-hydroxylation sites is 1. The third-order valence-electron chi connectivity index (χ3n) is 6.08. The van der Waals surface area contributed by atoms with Crippen LogP contribution in [-0.2, 0) is 16.1 Å². The lowest BCUT2D eigenvalue weighted by Crippen LogP contribution is -2.42. The van der Waals surface area contributed by atoms with Crippen LogP contribution >= 0.6 is 11.8 Å². The van der Waals surface area contributed by atoms with Crippen molar-refractivity contribution in [3.05, 3.63) is 101 Å². The van der Waals surface area contributed by atoms with Crippen LogP contribution in [0.3, 0.4) is 0 Å². The van der Waals surface area contributed by atoms with Gasteiger partial charge in [0.2, 0.25) is 5.91 Å². The molecule has 0 unspecified atom stereocenters. The molecule has 0 fully saturated rings. The van der Waals surface area contributed by atoms with Crippen LogP contribution < -0.4 is 5.32 Å². The summed E-state index contributed by atoms with van der Waals surface area (Å²) in [4.78, 5) is 37.8. The molecule has 2 aliphatic heterocycles. The Kier molecular flexibility index (Phi) is 6.51. The van der Waals surface area contributed by atoms with E-state index in [2.05, 4.69) is 5.32 Å². The standard InChI is InChI=1S/C28H26N4O2S/c1-3-23(26(33)29-17-19-15-13-18(2)14-16-19)35-28-30-22-12-8-7-11-21(22)25-31-24(27(34)32(25)28)20-9-5-4-6-10-20/h4-16,23-24H,3,17H2,1-2H3,(H,29,33)/t23-,24+/m1/s1. The lowest BCUT2D eigenvalue weighted by atomic mass is 10.1. The number of aryl methyl sites for hydroxylation is 1. The highest BCUT2D eigenvalue weighted by atomic mass is 32.2. The minimum Gasteiger partial charge on any atom is -0.351 e. The van der Waals surface area contributed by atoms with E-state index in [1.54, 1.807) is 4.90 Å². The number of amides is 2. The predicted molar refractivity (Wildman–Crippen MR) is 141 cm³/mol. The summed E-state index contributed by atoms with van der Waals surface area (Å²) in [6, 6.07) is 24.7. The summed E-state index contributed by atoms with van der Waals surface area (Å²) < 4.78 is 0. The second kappa shape index (κ2) is 9.88. The van der Waals surface area contributed by atoms with Crippen LogP contribution in [0.2, 0.25) is 0 Å². The number of carbonyl (C=O) groups excluding carboxylic acids is 2. The molecule has 2 amide bonds. The highest BCUT2D eigenvalue weighted by molar-refractivity contribution is 8.15. The SMILES string of the molecule is CC[C@@H](SC1=Nc2ccccc2C2=N[C@@H](c3ccccc3)C(=O)N12)C(=O)NCc1ccc(C)cc1. The van der Waals surface area contributed by atoms with E-state index in [0.29, 0.717) is 24.0 Å². The lowest BCUT2D eigenvalue weighted by Gasteiger charge is -2.27. The van der Waals surface area contributed by atoms with Gasteiger partial charge in [-0.15, -0.1) is 0 Å². The van der Waals surface area contributed by atoms with Crippen molar-refractivity contribution in [2.24, 2.45) is 9.98 Å². The van der Waals surface area contributed by atoms with Crippen LogP contribution in [0, 0.1) is 6.92 Å². The lowest BCUT2D eigenvalue weighted by molar-refractivity contribution is -0.125. The Morgan fingerprint density at radius 1 is 1.03 bits per heavy atom. The van der Waals surface area contributed by atoms with E-state index < -0.39 is 11.3 Å². The number of rotatable bonds is 6. The molecule has 1 N–H and O–H groups in total. The van der Waals surface area contributed by atoms with Gasteiger partial charge in [-0.1, -0.05) is 91.0 Å². The van der Waals surface area contributed by atoms with E-state index in [1.807, 2.05) is 92.7 Å². The van der Waals surface area contributed by atoms with E-state index in [4.69, 9.17) is 9.98 Å². The van der Waals surface area contributed by atoms with Gasteiger partial charge in [0.1, 0.15) is 5.84 Å². The highest BCUT2D eigenvalue weighted by Gasteiger charge is 2.43. The fourth-order valence-electron chi connectivity index (χ4n) is 4.14. The van der Waals surface area contributed by atoms with Gasteiger partial charge in [-0.25, -0.2) is 14.9 Å². The van der Waals surface area contributed by atoms with Gasteiger partial charge in [0.25, 0.3) is 5.91 Å². The van der Waals surface area contributed by atoms with Crippen molar-refractivity contribution in [3.8, 4) is 0 Å². The van der Waals surface area contributed by atoms with Gasteiger partial charge in [0.05, 0.1) is 10.9 Å². The molecule has 2 atom stereocenters. The molecule has 0 saturated carbocycles. The number of benzene rings is 3. The fourth-order valence-corrected chi connectivity index (χ4v) is 5.18. The highest BCUT2D eigenvalue weighted by Crippen LogP contribution is 2.38. The van der Waals surface area contributed by atoms with Crippen molar-refractivity contribution < 1.29 is 9.59 Å². The van der Waals surface area contributed by atoms with Crippen molar-refractivity contribution >= 4 is 40.3 Å². The second-order valence-electron chi connectivity index (χ2n) is 8.57. The number of nitrogens with zero attached hydrogens (tertiary/aromatic N) is 3. The van der Waals surface area contributed by atoms with Gasteiger partial charge in [-0.3, -0.25) is 9.59 Å². The number of carbonyl (C=O) groups is 2. The summed E-state index contributed by atoms with van der Waals surface area (Å²) in [5.74, 6) is 0.359. The summed E-state index contributed by atoms with van der Waals surface area (Å²) in [6.45, 7) is 4.46. The van der Waals surface area contributed by atoms with Crippen molar-refractivity contribution in [1.29, 1.82) is 0 Å². The van der Waals surface area contributed by atoms with E-state index in [-0.39, 0.29) is 11.8 Å². The zero-order valence-electron chi connectivity index (χ0n) is 19.6. The molecule has 2 aliphatic rings.